The first-order valence-electron chi connectivity index (χ1n) is 9.05. The topological polar surface area (TPSA) is 69.3 Å². The maximum Gasteiger partial charge on any atom is 0.260 e. The number of rotatable bonds is 4. The second-order valence-electron chi connectivity index (χ2n) is 7.07. The molecule has 0 spiro atoms. The lowest BCUT2D eigenvalue weighted by molar-refractivity contribution is -0.133. The van der Waals surface area contributed by atoms with Crippen molar-refractivity contribution >= 4 is 27.5 Å². The summed E-state index contributed by atoms with van der Waals surface area (Å²) in [7, 11) is 3.56. The first kappa shape index (κ1) is 17.9. The summed E-state index contributed by atoms with van der Waals surface area (Å²) in [4.78, 5) is 37.2. The number of hydrogen-bond donors (Lipinski definition) is 1. The van der Waals surface area contributed by atoms with Gasteiger partial charge in [-0.1, -0.05) is 30.3 Å². The number of likely N-dealkylation sites (N-methyl/N-ethyl adjacent to an activating group) is 1. The standard InChI is InChI=1S/C20H22N4O2S/c1-23(2)20(26)15-9-6-10-24(15)11-16-21-18(25)17-14(12-27-19(17)22-16)13-7-4-3-5-8-13/h3-5,7-8,12,15H,6,9-11H2,1-2H3,(H,21,22,25)/t15-/m0/s1. The van der Waals surface area contributed by atoms with Crippen LogP contribution in [0.4, 0.5) is 0 Å². The average molecular weight is 382 g/mol. The van der Waals surface area contributed by atoms with E-state index < -0.39 is 0 Å². The molecule has 1 aromatic carbocycles. The van der Waals surface area contributed by atoms with E-state index in [1.807, 2.05) is 35.7 Å². The zero-order chi connectivity index (χ0) is 19.0. The SMILES string of the molecule is CN(C)C(=O)[C@@H]1CCCN1Cc1nc2scc(-c3ccccc3)c2c(=O)[nH]1. The number of carbonyl (C=O) groups excluding carboxylic acids is 1. The molecule has 3 heterocycles. The fourth-order valence-electron chi connectivity index (χ4n) is 3.68. The van der Waals surface area contributed by atoms with Crippen LogP contribution in [0.3, 0.4) is 0 Å². The Kier molecular flexibility index (Phi) is 4.80. The summed E-state index contributed by atoms with van der Waals surface area (Å²) in [6.45, 7) is 1.32. The molecule has 7 heteroatoms. The van der Waals surface area contributed by atoms with Crippen LogP contribution >= 0.6 is 11.3 Å². The molecule has 27 heavy (non-hydrogen) atoms. The fraction of sp³-hybridized carbons (Fsp3) is 0.350. The molecule has 1 saturated heterocycles. The molecule has 0 saturated carbocycles. The van der Waals surface area contributed by atoms with Gasteiger partial charge in [0.2, 0.25) is 5.91 Å². The molecule has 1 N–H and O–H groups in total. The van der Waals surface area contributed by atoms with E-state index in [2.05, 4.69) is 14.9 Å². The van der Waals surface area contributed by atoms with Gasteiger partial charge in [-0.2, -0.15) is 0 Å². The minimum absolute atomic E-state index is 0.110. The minimum atomic E-state index is -0.135. The molecule has 1 fully saturated rings. The molecular weight excluding hydrogens is 360 g/mol. The molecule has 1 atom stereocenters. The van der Waals surface area contributed by atoms with Crippen LogP contribution < -0.4 is 5.56 Å². The Labute approximate surface area is 161 Å². The highest BCUT2D eigenvalue weighted by Crippen LogP contribution is 2.30. The van der Waals surface area contributed by atoms with Crippen molar-refractivity contribution < 1.29 is 4.79 Å². The summed E-state index contributed by atoms with van der Waals surface area (Å²) in [5.74, 6) is 0.728. The zero-order valence-electron chi connectivity index (χ0n) is 15.4. The van der Waals surface area contributed by atoms with Gasteiger partial charge < -0.3 is 9.88 Å². The highest BCUT2D eigenvalue weighted by molar-refractivity contribution is 7.17. The number of fused-ring (bicyclic) bond motifs is 1. The molecule has 4 rings (SSSR count). The highest BCUT2D eigenvalue weighted by Gasteiger charge is 2.32. The van der Waals surface area contributed by atoms with Crippen LogP contribution in [0.1, 0.15) is 18.7 Å². The summed E-state index contributed by atoms with van der Waals surface area (Å²) >= 11 is 1.48. The van der Waals surface area contributed by atoms with E-state index in [9.17, 15) is 9.59 Å². The van der Waals surface area contributed by atoms with Crippen LogP contribution in [0.5, 0.6) is 0 Å². The van der Waals surface area contributed by atoms with Crippen LogP contribution in [-0.2, 0) is 11.3 Å². The number of nitrogens with zero attached hydrogens (tertiary/aromatic N) is 3. The number of benzene rings is 1. The summed E-state index contributed by atoms with van der Waals surface area (Å²) in [5.41, 5.74) is 1.81. The van der Waals surface area contributed by atoms with Gasteiger partial charge >= 0.3 is 0 Å². The Bertz CT molecular complexity index is 1030. The number of likely N-dealkylation sites (tertiary alicyclic amines) is 1. The first-order chi connectivity index (χ1) is 13.0. The molecule has 0 radical (unpaired) electrons. The molecule has 1 amide bonds. The number of amides is 1. The summed E-state index contributed by atoms with van der Waals surface area (Å²) in [6.07, 6.45) is 1.83. The summed E-state index contributed by atoms with van der Waals surface area (Å²) in [6, 6.07) is 9.74. The Morgan fingerprint density at radius 2 is 2.11 bits per heavy atom. The predicted octanol–water partition coefficient (Wildman–Crippen LogP) is 2.70. The minimum Gasteiger partial charge on any atom is -0.347 e. The van der Waals surface area contributed by atoms with Gasteiger partial charge in [-0.15, -0.1) is 11.3 Å². The Morgan fingerprint density at radius 3 is 2.85 bits per heavy atom. The number of hydrogen-bond acceptors (Lipinski definition) is 5. The number of aromatic nitrogens is 2. The summed E-state index contributed by atoms with van der Waals surface area (Å²) < 4.78 is 0. The molecule has 0 bridgehead atoms. The van der Waals surface area contributed by atoms with Crippen molar-refractivity contribution in [3.05, 3.63) is 51.9 Å². The van der Waals surface area contributed by atoms with E-state index in [1.54, 1.807) is 19.0 Å². The predicted molar refractivity (Wildman–Crippen MR) is 108 cm³/mol. The van der Waals surface area contributed by atoms with Gasteiger partial charge in [-0.25, -0.2) is 4.98 Å². The summed E-state index contributed by atoms with van der Waals surface area (Å²) in [5, 5.41) is 2.62. The number of aromatic amines is 1. The normalized spacial score (nSPS) is 17.5. The number of nitrogens with one attached hydrogen (secondary N) is 1. The molecule has 0 aliphatic carbocycles. The van der Waals surface area contributed by atoms with E-state index in [0.29, 0.717) is 17.8 Å². The molecular formula is C20H22N4O2S. The van der Waals surface area contributed by atoms with Gasteiger partial charge in [-0.3, -0.25) is 14.5 Å². The molecule has 3 aromatic rings. The lowest BCUT2D eigenvalue weighted by Crippen LogP contribution is -2.42. The third-order valence-corrected chi connectivity index (χ3v) is 5.89. The van der Waals surface area contributed by atoms with Crippen LogP contribution in [0.2, 0.25) is 0 Å². The van der Waals surface area contributed by atoms with Crippen molar-refractivity contribution in [2.75, 3.05) is 20.6 Å². The van der Waals surface area contributed by atoms with Crippen molar-refractivity contribution in [3.8, 4) is 11.1 Å². The largest absolute Gasteiger partial charge is 0.347 e. The first-order valence-corrected chi connectivity index (χ1v) is 9.93. The van der Waals surface area contributed by atoms with E-state index in [1.165, 1.54) is 11.3 Å². The van der Waals surface area contributed by atoms with Crippen LogP contribution in [0.15, 0.2) is 40.5 Å². The lowest BCUT2D eigenvalue weighted by atomic mass is 10.1. The molecule has 1 aliphatic rings. The van der Waals surface area contributed by atoms with Crippen LogP contribution in [0, 0.1) is 0 Å². The molecule has 1 aliphatic heterocycles. The van der Waals surface area contributed by atoms with Gasteiger partial charge in [0.15, 0.2) is 0 Å². The third kappa shape index (κ3) is 3.40. The maximum atomic E-state index is 12.8. The van der Waals surface area contributed by atoms with Crippen molar-refractivity contribution in [2.45, 2.75) is 25.4 Å². The van der Waals surface area contributed by atoms with Crippen molar-refractivity contribution in [1.29, 1.82) is 0 Å². The average Bonchev–Trinajstić information content (AvgIpc) is 3.29. The third-order valence-electron chi connectivity index (χ3n) is 5.02. The monoisotopic (exact) mass is 382 g/mol. The van der Waals surface area contributed by atoms with Gasteiger partial charge in [-0.05, 0) is 24.9 Å². The molecule has 6 nitrogen and oxygen atoms in total. The van der Waals surface area contributed by atoms with Gasteiger partial charge in [0.1, 0.15) is 10.7 Å². The van der Waals surface area contributed by atoms with Crippen LogP contribution in [-0.4, -0.2) is 52.4 Å². The van der Waals surface area contributed by atoms with Crippen molar-refractivity contribution in [3.63, 3.8) is 0 Å². The van der Waals surface area contributed by atoms with Gasteiger partial charge in [0.05, 0.1) is 18.0 Å². The molecule has 2 aromatic heterocycles. The van der Waals surface area contributed by atoms with Gasteiger partial charge in [0.25, 0.3) is 5.56 Å². The number of H-pyrrole nitrogens is 1. The number of carbonyl (C=O) groups is 1. The lowest BCUT2D eigenvalue weighted by Gasteiger charge is -2.25. The van der Waals surface area contributed by atoms with E-state index in [0.717, 1.165) is 35.3 Å². The van der Waals surface area contributed by atoms with E-state index >= 15 is 0 Å². The second-order valence-corrected chi connectivity index (χ2v) is 7.93. The Hall–Kier alpha value is -2.51. The molecule has 0 unspecified atom stereocenters. The Morgan fingerprint density at radius 1 is 1.33 bits per heavy atom. The van der Waals surface area contributed by atoms with E-state index in [-0.39, 0.29) is 17.5 Å². The zero-order valence-corrected chi connectivity index (χ0v) is 16.3. The fourth-order valence-corrected chi connectivity index (χ4v) is 4.65. The second kappa shape index (κ2) is 7.25. The smallest absolute Gasteiger partial charge is 0.260 e. The quantitative estimate of drug-likeness (QED) is 0.753. The number of thiophene rings is 1. The Balaban J connectivity index is 1.65. The van der Waals surface area contributed by atoms with Gasteiger partial charge in [0, 0.05) is 25.0 Å². The molecule has 140 valence electrons. The van der Waals surface area contributed by atoms with Crippen molar-refractivity contribution in [2.24, 2.45) is 0 Å². The highest BCUT2D eigenvalue weighted by atomic mass is 32.1. The van der Waals surface area contributed by atoms with Crippen molar-refractivity contribution in [1.82, 2.24) is 19.8 Å². The van der Waals surface area contributed by atoms with Crippen LogP contribution in [0.25, 0.3) is 21.3 Å². The maximum absolute atomic E-state index is 12.8. The van der Waals surface area contributed by atoms with E-state index in [4.69, 9.17) is 0 Å².